The van der Waals surface area contributed by atoms with Crippen LogP contribution >= 0.6 is 0 Å². The molecule has 0 aliphatic heterocycles. The molecular formula is C12H28N2. The van der Waals surface area contributed by atoms with E-state index in [0.717, 1.165) is 6.54 Å². The third kappa shape index (κ3) is 6.39. The fourth-order valence-electron chi connectivity index (χ4n) is 1.74. The highest BCUT2D eigenvalue weighted by atomic mass is 15.1. The Balaban J connectivity index is 3.63. The average Bonchev–Trinajstić information content (AvgIpc) is 2.15. The molecule has 0 saturated heterocycles. The van der Waals surface area contributed by atoms with Crippen LogP contribution in [0.1, 0.15) is 47.0 Å². The maximum Gasteiger partial charge on any atom is 0.00785 e. The van der Waals surface area contributed by atoms with Gasteiger partial charge in [0.1, 0.15) is 0 Å². The molecule has 0 amide bonds. The number of nitrogens with zero attached hydrogens (tertiary/aromatic N) is 1. The van der Waals surface area contributed by atoms with Gasteiger partial charge >= 0.3 is 0 Å². The molecule has 2 unspecified atom stereocenters. The van der Waals surface area contributed by atoms with Gasteiger partial charge in [-0.25, -0.2) is 0 Å². The van der Waals surface area contributed by atoms with Gasteiger partial charge in [0.15, 0.2) is 0 Å². The summed E-state index contributed by atoms with van der Waals surface area (Å²) in [7, 11) is 2.22. The quantitative estimate of drug-likeness (QED) is 0.647. The summed E-state index contributed by atoms with van der Waals surface area (Å²) in [6.07, 6.45) is 3.72. The van der Waals surface area contributed by atoms with Crippen LogP contribution in [0.4, 0.5) is 0 Å². The first-order valence-electron chi connectivity index (χ1n) is 6.05. The minimum Gasteiger partial charge on any atom is -0.314 e. The molecule has 0 aromatic carbocycles. The summed E-state index contributed by atoms with van der Waals surface area (Å²) in [5, 5.41) is 3.53. The van der Waals surface area contributed by atoms with Crippen molar-refractivity contribution in [2.75, 3.05) is 20.1 Å². The molecule has 86 valence electrons. The van der Waals surface area contributed by atoms with E-state index >= 15 is 0 Å². The predicted octanol–water partition coefficient (Wildman–Crippen LogP) is 2.49. The Morgan fingerprint density at radius 1 is 1.14 bits per heavy atom. The lowest BCUT2D eigenvalue weighted by molar-refractivity contribution is 0.231. The van der Waals surface area contributed by atoms with Gasteiger partial charge in [0.25, 0.3) is 0 Å². The molecule has 14 heavy (non-hydrogen) atoms. The van der Waals surface area contributed by atoms with Gasteiger partial charge < -0.3 is 10.2 Å². The van der Waals surface area contributed by atoms with Crippen LogP contribution in [0.3, 0.4) is 0 Å². The highest BCUT2D eigenvalue weighted by Gasteiger charge is 2.11. The van der Waals surface area contributed by atoms with Gasteiger partial charge in [-0.15, -0.1) is 0 Å². The first-order valence-corrected chi connectivity index (χ1v) is 6.05. The molecule has 0 aromatic heterocycles. The van der Waals surface area contributed by atoms with Crippen molar-refractivity contribution in [3.8, 4) is 0 Å². The molecule has 0 rings (SSSR count). The van der Waals surface area contributed by atoms with Crippen LogP contribution in [0, 0.1) is 0 Å². The van der Waals surface area contributed by atoms with Gasteiger partial charge in [0, 0.05) is 12.1 Å². The van der Waals surface area contributed by atoms with E-state index in [1.807, 2.05) is 0 Å². The van der Waals surface area contributed by atoms with Crippen LogP contribution < -0.4 is 5.32 Å². The zero-order chi connectivity index (χ0) is 11.0. The monoisotopic (exact) mass is 200 g/mol. The fraction of sp³-hybridized carbons (Fsp3) is 1.00. The van der Waals surface area contributed by atoms with E-state index in [1.54, 1.807) is 0 Å². The first-order chi connectivity index (χ1) is 6.61. The van der Waals surface area contributed by atoms with Crippen molar-refractivity contribution in [3.05, 3.63) is 0 Å². The van der Waals surface area contributed by atoms with Gasteiger partial charge in [0.2, 0.25) is 0 Å². The topological polar surface area (TPSA) is 15.3 Å². The van der Waals surface area contributed by atoms with Crippen molar-refractivity contribution in [2.24, 2.45) is 0 Å². The minimum atomic E-state index is 0.643. The summed E-state index contributed by atoms with van der Waals surface area (Å²) in [6, 6.07) is 1.33. The summed E-state index contributed by atoms with van der Waals surface area (Å²) in [6.45, 7) is 11.4. The molecule has 0 radical (unpaired) electrons. The molecule has 2 nitrogen and oxygen atoms in total. The molecule has 0 aliphatic carbocycles. The molecular weight excluding hydrogens is 172 g/mol. The minimum absolute atomic E-state index is 0.643. The number of nitrogens with one attached hydrogen (secondary N) is 1. The van der Waals surface area contributed by atoms with Crippen molar-refractivity contribution in [3.63, 3.8) is 0 Å². The van der Waals surface area contributed by atoms with Crippen molar-refractivity contribution in [2.45, 2.75) is 59.0 Å². The number of rotatable bonds is 8. The third-order valence-corrected chi connectivity index (χ3v) is 2.77. The Morgan fingerprint density at radius 3 is 2.29 bits per heavy atom. The van der Waals surface area contributed by atoms with Crippen molar-refractivity contribution in [1.82, 2.24) is 10.2 Å². The van der Waals surface area contributed by atoms with Gasteiger partial charge in [-0.05, 0) is 53.2 Å². The second kappa shape index (κ2) is 8.25. The van der Waals surface area contributed by atoms with E-state index in [1.165, 1.54) is 25.8 Å². The van der Waals surface area contributed by atoms with E-state index in [4.69, 9.17) is 0 Å². The smallest absolute Gasteiger partial charge is 0.00785 e. The largest absolute Gasteiger partial charge is 0.314 e. The summed E-state index contributed by atoms with van der Waals surface area (Å²) in [5.74, 6) is 0. The Kier molecular flexibility index (Phi) is 8.20. The highest BCUT2D eigenvalue weighted by Crippen LogP contribution is 2.05. The second-order valence-electron chi connectivity index (χ2n) is 4.42. The standard InChI is InChI=1S/C12H28N2/c1-6-8-13-11(3)10-12(4)14(5)9-7-2/h11-13H,6-10H2,1-5H3. The lowest BCUT2D eigenvalue weighted by Crippen LogP contribution is -2.37. The zero-order valence-corrected chi connectivity index (χ0v) is 10.6. The zero-order valence-electron chi connectivity index (χ0n) is 10.6. The van der Waals surface area contributed by atoms with Crippen LogP contribution in [0.15, 0.2) is 0 Å². The Bertz CT molecular complexity index is 125. The van der Waals surface area contributed by atoms with Crippen LogP contribution in [-0.4, -0.2) is 37.1 Å². The van der Waals surface area contributed by atoms with E-state index < -0.39 is 0 Å². The number of hydrogen-bond acceptors (Lipinski definition) is 2. The van der Waals surface area contributed by atoms with Crippen LogP contribution in [0.5, 0.6) is 0 Å². The highest BCUT2D eigenvalue weighted by molar-refractivity contribution is 4.70. The Hall–Kier alpha value is -0.0800. The Labute approximate surface area is 90.1 Å². The molecule has 0 aliphatic rings. The van der Waals surface area contributed by atoms with E-state index in [2.05, 4.69) is 45.0 Å². The summed E-state index contributed by atoms with van der Waals surface area (Å²) in [5.41, 5.74) is 0. The van der Waals surface area contributed by atoms with Gasteiger partial charge in [-0.3, -0.25) is 0 Å². The molecule has 0 aromatic rings. The first kappa shape index (κ1) is 13.9. The fourth-order valence-corrected chi connectivity index (χ4v) is 1.74. The van der Waals surface area contributed by atoms with E-state index in [-0.39, 0.29) is 0 Å². The number of hydrogen-bond donors (Lipinski definition) is 1. The van der Waals surface area contributed by atoms with Crippen LogP contribution in [-0.2, 0) is 0 Å². The normalized spacial score (nSPS) is 15.9. The van der Waals surface area contributed by atoms with Crippen LogP contribution in [0.25, 0.3) is 0 Å². The van der Waals surface area contributed by atoms with Crippen LogP contribution in [0.2, 0.25) is 0 Å². The SMILES string of the molecule is CCCNC(C)CC(C)N(C)CCC. The molecule has 0 heterocycles. The van der Waals surface area contributed by atoms with Crippen molar-refractivity contribution in [1.29, 1.82) is 0 Å². The lowest BCUT2D eigenvalue weighted by Gasteiger charge is -2.27. The molecule has 2 atom stereocenters. The summed E-state index contributed by atoms with van der Waals surface area (Å²) in [4.78, 5) is 2.45. The third-order valence-electron chi connectivity index (χ3n) is 2.77. The summed E-state index contributed by atoms with van der Waals surface area (Å²) < 4.78 is 0. The van der Waals surface area contributed by atoms with Crippen molar-refractivity contribution >= 4 is 0 Å². The van der Waals surface area contributed by atoms with Crippen molar-refractivity contribution < 1.29 is 0 Å². The predicted molar refractivity (Wildman–Crippen MR) is 64.8 cm³/mol. The molecule has 1 N–H and O–H groups in total. The summed E-state index contributed by atoms with van der Waals surface area (Å²) >= 11 is 0. The lowest BCUT2D eigenvalue weighted by atomic mass is 10.1. The molecule has 2 heteroatoms. The molecule has 0 fully saturated rings. The van der Waals surface area contributed by atoms with E-state index in [0.29, 0.717) is 12.1 Å². The maximum atomic E-state index is 3.53. The molecule has 0 saturated carbocycles. The Morgan fingerprint density at radius 2 is 1.79 bits per heavy atom. The average molecular weight is 200 g/mol. The molecule has 0 spiro atoms. The molecule has 0 bridgehead atoms. The second-order valence-corrected chi connectivity index (χ2v) is 4.42. The van der Waals surface area contributed by atoms with Gasteiger partial charge in [-0.1, -0.05) is 13.8 Å². The maximum absolute atomic E-state index is 3.53. The van der Waals surface area contributed by atoms with E-state index in [9.17, 15) is 0 Å². The van der Waals surface area contributed by atoms with Gasteiger partial charge in [-0.2, -0.15) is 0 Å². The van der Waals surface area contributed by atoms with Gasteiger partial charge in [0.05, 0.1) is 0 Å².